The maximum Gasteiger partial charge on any atom is 0.336 e. The maximum atomic E-state index is 11.7. The molecule has 19 heavy (non-hydrogen) atoms. The summed E-state index contributed by atoms with van der Waals surface area (Å²) in [5.74, 6) is 0.120. The molecule has 1 heterocycles. The van der Waals surface area contributed by atoms with Crippen molar-refractivity contribution in [2.75, 3.05) is 0 Å². The van der Waals surface area contributed by atoms with Crippen LogP contribution in [0.3, 0.4) is 0 Å². The SMILES string of the molecule is Cc1cc(OC(=O)C=Cc2cccs2)cc(C)c1Cl. The summed E-state index contributed by atoms with van der Waals surface area (Å²) in [6, 6.07) is 7.38. The molecule has 0 N–H and O–H groups in total. The fourth-order valence-corrected chi connectivity index (χ4v) is 2.38. The molecule has 0 saturated heterocycles. The number of esters is 1. The average molecular weight is 293 g/mol. The molecule has 2 nitrogen and oxygen atoms in total. The first kappa shape index (κ1) is 13.8. The molecule has 1 aromatic heterocycles. The fraction of sp³-hybridized carbons (Fsp3) is 0.133. The highest BCUT2D eigenvalue weighted by Crippen LogP contribution is 2.26. The largest absolute Gasteiger partial charge is 0.423 e. The van der Waals surface area contributed by atoms with Gasteiger partial charge in [-0.25, -0.2) is 4.79 Å². The van der Waals surface area contributed by atoms with E-state index in [1.54, 1.807) is 29.5 Å². The number of aryl methyl sites for hydroxylation is 2. The standard InChI is InChI=1S/C15H13ClO2S/c1-10-8-12(9-11(2)15(10)16)18-14(17)6-5-13-4-3-7-19-13/h3-9H,1-2H3. The average Bonchev–Trinajstić information content (AvgIpc) is 2.86. The van der Waals surface area contributed by atoms with Gasteiger partial charge in [0.05, 0.1) is 0 Å². The molecule has 1 aromatic carbocycles. The number of carbonyl (C=O) groups is 1. The predicted octanol–water partition coefficient (Wildman–Crippen LogP) is 4.64. The van der Waals surface area contributed by atoms with Crippen LogP contribution >= 0.6 is 22.9 Å². The van der Waals surface area contributed by atoms with Crippen LogP contribution in [-0.2, 0) is 4.79 Å². The van der Waals surface area contributed by atoms with Gasteiger partial charge in [0.1, 0.15) is 5.75 Å². The lowest BCUT2D eigenvalue weighted by molar-refractivity contribution is -0.128. The van der Waals surface area contributed by atoms with Crippen LogP contribution < -0.4 is 4.74 Å². The number of benzene rings is 1. The van der Waals surface area contributed by atoms with E-state index in [0.717, 1.165) is 16.0 Å². The van der Waals surface area contributed by atoms with E-state index >= 15 is 0 Å². The highest BCUT2D eigenvalue weighted by molar-refractivity contribution is 7.10. The minimum atomic E-state index is -0.394. The lowest BCUT2D eigenvalue weighted by Gasteiger charge is -2.06. The van der Waals surface area contributed by atoms with Crippen molar-refractivity contribution in [1.82, 2.24) is 0 Å². The van der Waals surface area contributed by atoms with Crippen LogP contribution in [0.1, 0.15) is 16.0 Å². The third kappa shape index (κ3) is 3.69. The van der Waals surface area contributed by atoms with E-state index in [-0.39, 0.29) is 0 Å². The molecule has 98 valence electrons. The zero-order valence-corrected chi connectivity index (χ0v) is 12.2. The smallest absolute Gasteiger partial charge is 0.336 e. The second-order valence-corrected chi connectivity index (χ2v) is 5.50. The summed E-state index contributed by atoms with van der Waals surface area (Å²) in [6.07, 6.45) is 3.16. The van der Waals surface area contributed by atoms with Crippen LogP contribution in [0.5, 0.6) is 5.75 Å². The van der Waals surface area contributed by atoms with Crippen molar-refractivity contribution in [2.45, 2.75) is 13.8 Å². The number of rotatable bonds is 3. The van der Waals surface area contributed by atoms with Crippen LogP contribution in [0.2, 0.25) is 5.02 Å². The molecule has 0 radical (unpaired) electrons. The van der Waals surface area contributed by atoms with Gasteiger partial charge in [0, 0.05) is 16.0 Å². The van der Waals surface area contributed by atoms with Crippen LogP contribution in [0.4, 0.5) is 0 Å². The monoisotopic (exact) mass is 292 g/mol. The van der Waals surface area contributed by atoms with Crippen molar-refractivity contribution in [2.24, 2.45) is 0 Å². The summed E-state index contributed by atoms with van der Waals surface area (Å²) in [5, 5.41) is 2.66. The van der Waals surface area contributed by atoms with Crippen molar-refractivity contribution >= 4 is 35.0 Å². The van der Waals surface area contributed by atoms with Crippen molar-refractivity contribution in [3.8, 4) is 5.75 Å². The summed E-state index contributed by atoms with van der Waals surface area (Å²) in [5.41, 5.74) is 1.79. The molecule has 4 heteroatoms. The topological polar surface area (TPSA) is 26.3 Å². The van der Waals surface area contributed by atoms with Gasteiger partial charge in [-0.2, -0.15) is 0 Å². The highest BCUT2D eigenvalue weighted by Gasteiger charge is 2.06. The Balaban J connectivity index is 2.07. The van der Waals surface area contributed by atoms with Gasteiger partial charge in [0.2, 0.25) is 0 Å². The van der Waals surface area contributed by atoms with Gasteiger partial charge >= 0.3 is 5.97 Å². The number of thiophene rings is 1. The molecular weight excluding hydrogens is 280 g/mol. The van der Waals surface area contributed by atoms with E-state index in [0.29, 0.717) is 10.8 Å². The number of halogens is 1. The Hall–Kier alpha value is -1.58. The highest BCUT2D eigenvalue weighted by atomic mass is 35.5. The normalized spacial score (nSPS) is 10.9. The predicted molar refractivity (Wildman–Crippen MR) is 79.9 cm³/mol. The summed E-state index contributed by atoms with van der Waals surface area (Å²) in [6.45, 7) is 3.77. The van der Waals surface area contributed by atoms with Gasteiger partial charge in [0.15, 0.2) is 0 Å². The third-order valence-electron chi connectivity index (χ3n) is 2.56. The molecule has 0 unspecified atom stereocenters. The van der Waals surface area contributed by atoms with Gasteiger partial charge in [-0.1, -0.05) is 17.7 Å². The Kier molecular flexibility index (Phi) is 4.40. The zero-order valence-electron chi connectivity index (χ0n) is 10.6. The molecule has 2 rings (SSSR count). The molecule has 0 amide bonds. The minimum Gasteiger partial charge on any atom is -0.423 e. The van der Waals surface area contributed by atoms with Crippen LogP contribution in [-0.4, -0.2) is 5.97 Å². The first-order valence-corrected chi connectivity index (χ1v) is 7.02. The summed E-state index contributed by atoms with van der Waals surface area (Å²) < 4.78 is 5.25. The molecule has 0 aliphatic rings. The fourth-order valence-electron chi connectivity index (χ4n) is 1.65. The summed E-state index contributed by atoms with van der Waals surface area (Å²) >= 11 is 7.63. The number of hydrogen-bond acceptors (Lipinski definition) is 3. The molecule has 0 spiro atoms. The van der Waals surface area contributed by atoms with E-state index in [1.165, 1.54) is 6.08 Å². The Labute approximate surface area is 121 Å². The molecule has 2 aromatic rings. The molecule has 0 aliphatic heterocycles. The molecule has 0 atom stereocenters. The van der Waals surface area contributed by atoms with E-state index in [2.05, 4.69) is 0 Å². The molecule has 0 bridgehead atoms. The van der Waals surface area contributed by atoms with E-state index in [4.69, 9.17) is 16.3 Å². The second-order valence-electron chi connectivity index (χ2n) is 4.14. The van der Waals surface area contributed by atoms with Crippen molar-refractivity contribution in [3.63, 3.8) is 0 Å². The molecule has 0 aliphatic carbocycles. The van der Waals surface area contributed by atoms with E-state index < -0.39 is 5.97 Å². The van der Waals surface area contributed by atoms with Gasteiger partial charge in [-0.05, 0) is 54.6 Å². The van der Waals surface area contributed by atoms with Crippen molar-refractivity contribution < 1.29 is 9.53 Å². The van der Waals surface area contributed by atoms with Crippen LogP contribution in [0.25, 0.3) is 6.08 Å². The molecule has 0 saturated carbocycles. The summed E-state index contributed by atoms with van der Waals surface area (Å²) in [4.78, 5) is 12.7. The second kappa shape index (κ2) is 6.04. The minimum absolute atomic E-state index is 0.394. The van der Waals surface area contributed by atoms with Gasteiger partial charge in [0.25, 0.3) is 0 Å². The first-order valence-electron chi connectivity index (χ1n) is 5.76. The van der Waals surface area contributed by atoms with Gasteiger partial charge in [-0.3, -0.25) is 0 Å². The Morgan fingerprint density at radius 1 is 1.32 bits per heavy atom. The third-order valence-corrected chi connectivity index (χ3v) is 3.99. The number of hydrogen-bond donors (Lipinski definition) is 0. The van der Waals surface area contributed by atoms with Crippen molar-refractivity contribution in [3.05, 3.63) is 56.7 Å². The Bertz CT molecular complexity index is 592. The summed E-state index contributed by atoms with van der Waals surface area (Å²) in [7, 11) is 0. The van der Waals surface area contributed by atoms with Crippen molar-refractivity contribution in [1.29, 1.82) is 0 Å². The number of ether oxygens (including phenoxy) is 1. The lowest BCUT2D eigenvalue weighted by atomic mass is 10.1. The Morgan fingerprint density at radius 2 is 2.00 bits per heavy atom. The lowest BCUT2D eigenvalue weighted by Crippen LogP contribution is -2.04. The Morgan fingerprint density at radius 3 is 2.58 bits per heavy atom. The van der Waals surface area contributed by atoms with Gasteiger partial charge < -0.3 is 4.74 Å². The maximum absolute atomic E-state index is 11.7. The van der Waals surface area contributed by atoms with E-state index in [9.17, 15) is 4.79 Å². The van der Waals surface area contributed by atoms with Gasteiger partial charge in [-0.15, -0.1) is 11.3 Å². The zero-order chi connectivity index (χ0) is 13.8. The van der Waals surface area contributed by atoms with E-state index in [1.807, 2.05) is 31.4 Å². The molecular formula is C15H13ClO2S. The first-order chi connectivity index (χ1) is 9.06. The van der Waals surface area contributed by atoms with Crippen LogP contribution in [0.15, 0.2) is 35.7 Å². The molecule has 0 fully saturated rings. The van der Waals surface area contributed by atoms with Crippen LogP contribution in [0, 0.1) is 13.8 Å². The quantitative estimate of drug-likeness (QED) is 0.468. The number of carbonyl (C=O) groups excluding carboxylic acids is 1.